The Kier molecular flexibility index (Phi) is 6.83. The third-order valence-electron chi connectivity index (χ3n) is 5.84. The van der Waals surface area contributed by atoms with Crippen molar-refractivity contribution in [3.8, 4) is 0 Å². The van der Waals surface area contributed by atoms with Gasteiger partial charge in [0.25, 0.3) is 0 Å². The molecule has 3 atom stereocenters. The van der Waals surface area contributed by atoms with Crippen molar-refractivity contribution in [2.45, 2.75) is 84.2 Å². The Labute approximate surface area is 126 Å². The molecule has 0 aromatic heterocycles. The largest absolute Gasteiger partial charge is 0.310 e. The van der Waals surface area contributed by atoms with E-state index >= 15 is 0 Å². The predicted molar refractivity (Wildman–Crippen MR) is 88.1 cm³/mol. The van der Waals surface area contributed by atoms with Crippen molar-refractivity contribution >= 4 is 0 Å². The molecule has 0 aromatic carbocycles. The third-order valence-corrected chi connectivity index (χ3v) is 5.84. The van der Waals surface area contributed by atoms with Gasteiger partial charge in [-0.2, -0.15) is 0 Å². The molecule has 3 unspecified atom stereocenters. The second kappa shape index (κ2) is 8.38. The van der Waals surface area contributed by atoms with Crippen LogP contribution in [0, 0.1) is 11.8 Å². The van der Waals surface area contributed by atoms with E-state index in [0.29, 0.717) is 0 Å². The van der Waals surface area contributed by atoms with Gasteiger partial charge in [-0.25, -0.2) is 0 Å². The van der Waals surface area contributed by atoms with E-state index in [-0.39, 0.29) is 0 Å². The maximum absolute atomic E-state index is 3.99. The van der Waals surface area contributed by atoms with Crippen LogP contribution in [0.1, 0.15) is 72.1 Å². The smallest absolute Gasteiger partial charge is 0.0197 e. The van der Waals surface area contributed by atoms with E-state index < -0.39 is 0 Å². The zero-order valence-corrected chi connectivity index (χ0v) is 14.0. The Morgan fingerprint density at radius 2 is 1.75 bits per heavy atom. The quantitative estimate of drug-likeness (QED) is 0.756. The highest BCUT2D eigenvalue weighted by Gasteiger charge is 2.32. The predicted octanol–water partition coefficient (Wildman–Crippen LogP) is 4.06. The first-order chi connectivity index (χ1) is 9.76. The molecular formula is C18H36N2. The Morgan fingerprint density at radius 1 is 1.00 bits per heavy atom. The standard InChI is InChI=1S/C18H36N2/c1-4-15(5-2)13-20(6-3)14-17-12-11-16-9-7-8-10-18(16)19-17/h15-19H,4-14H2,1-3H3. The molecule has 1 saturated heterocycles. The normalized spacial score (nSPS) is 30.8. The molecular weight excluding hydrogens is 244 g/mol. The Hall–Kier alpha value is -0.0800. The number of rotatable bonds is 7. The van der Waals surface area contributed by atoms with Crippen molar-refractivity contribution in [2.24, 2.45) is 11.8 Å². The second-order valence-electron chi connectivity index (χ2n) is 7.13. The van der Waals surface area contributed by atoms with Crippen LogP contribution in [0.25, 0.3) is 0 Å². The van der Waals surface area contributed by atoms with Gasteiger partial charge >= 0.3 is 0 Å². The van der Waals surface area contributed by atoms with E-state index in [1.807, 2.05) is 0 Å². The van der Waals surface area contributed by atoms with E-state index in [4.69, 9.17) is 0 Å². The zero-order chi connectivity index (χ0) is 14.4. The molecule has 2 heteroatoms. The lowest BCUT2D eigenvalue weighted by molar-refractivity contribution is 0.137. The van der Waals surface area contributed by atoms with Gasteiger partial charge in [0.15, 0.2) is 0 Å². The first-order valence-electron chi connectivity index (χ1n) is 9.25. The van der Waals surface area contributed by atoms with Crippen molar-refractivity contribution in [3.05, 3.63) is 0 Å². The average Bonchev–Trinajstić information content (AvgIpc) is 2.51. The fraction of sp³-hybridized carbons (Fsp3) is 1.00. The van der Waals surface area contributed by atoms with E-state index in [1.54, 1.807) is 0 Å². The minimum atomic E-state index is 0.753. The summed E-state index contributed by atoms with van der Waals surface area (Å²) in [5.74, 6) is 1.88. The summed E-state index contributed by atoms with van der Waals surface area (Å²) in [5.41, 5.74) is 0. The molecule has 0 bridgehead atoms. The number of nitrogens with zero attached hydrogens (tertiary/aromatic N) is 1. The Bertz CT molecular complexity index is 262. The minimum absolute atomic E-state index is 0.753. The molecule has 1 aliphatic carbocycles. The first kappa shape index (κ1) is 16.3. The third kappa shape index (κ3) is 4.46. The van der Waals surface area contributed by atoms with Crippen LogP contribution in [-0.2, 0) is 0 Å². The maximum atomic E-state index is 3.99. The van der Waals surface area contributed by atoms with E-state index in [2.05, 4.69) is 31.0 Å². The summed E-state index contributed by atoms with van der Waals surface area (Å²) in [6.45, 7) is 10.8. The zero-order valence-electron chi connectivity index (χ0n) is 14.0. The number of piperidine rings is 1. The topological polar surface area (TPSA) is 15.3 Å². The van der Waals surface area contributed by atoms with Crippen LogP contribution in [-0.4, -0.2) is 36.6 Å². The van der Waals surface area contributed by atoms with Crippen molar-refractivity contribution < 1.29 is 0 Å². The summed E-state index contributed by atoms with van der Waals surface area (Å²) in [4.78, 5) is 2.69. The number of nitrogens with one attached hydrogen (secondary N) is 1. The highest BCUT2D eigenvalue weighted by atomic mass is 15.2. The van der Waals surface area contributed by atoms with Gasteiger partial charge in [-0.15, -0.1) is 0 Å². The highest BCUT2D eigenvalue weighted by Crippen LogP contribution is 2.32. The van der Waals surface area contributed by atoms with Gasteiger partial charge in [0.05, 0.1) is 0 Å². The van der Waals surface area contributed by atoms with Crippen LogP contribution in [0.5, 0.6) is 0 Å². The van der Waals surface area contributed by atoms with Crippen molar-refractivity contribution in [2.75, 3.05) is 19.6 Å². The van der Waals surface area contributed by atoms with Crippen LogP contribution in [0.3, 0.4) is 0 Å². The molecule has 2 fully saturated rings. The van der Waals surface area contributed by atoms with Gasteiger partial charge in [0.2, 0.25) is 0 Å². The van der Waals surface area contributed by atoms with Gasteiger partial charge < -0.3 is 10.2 Å². The molecule has 1 saturated carbocycles. The van der Waals surface area contributed by atoms with Crippen LogP contribution in [0.2, 0.25) is 0 Å². The monoisotopic (exact) mass is 280 g/mol. The lowest BCUT2D eigenvalue weighted by Gasteiger charge is -2.42. The van der Waals surface area contributed by atoms with Crippen molar-refractivity contribution in [1.29, 1.82) is 0 Å². The van der Waals surface area contributed by atoms with Gasteiger partial charge in [-0.3, -0.25) is 0 Å². The lowest BCUT2D eigenvalue weighted by atomic mass is 9.77. The maximum Gasteiger partial charge on any atom is 0.0197 e. The molecule has 2 aliphatic rings. The highest BCUT2D eigenvalue weighted by molar-refractivity contribution is 4.90. The molecule has 1 N–H and O–H groups in total. The molecule has 118 valence electrons. The number of fused-ring (bicyclic) bond motifs is 1. The van der Waals surface area contributed by atoms with E-state index in [9.17, 15) is 0 Å². The van der Waals surface area contributed by atoms with E-state index in [0.717, 1.165) is 23.9 Å². The van der Waals surface area contributed by atoms with Gasteiger partial charge in [0, 0.05) is 25.2 Å². The van der Waals surface area contributed by atoms with E-state index in [1.165, 1.54) is 71.0 Å². The number of hydrogen-bond donors (Lipinski definition) is 1. The summed E-state index contributed by atoms with van der Waals surface area (Å²) in [6, 6.07) is 1.60. The molecule has 0 spiro atoms. The molecule has 1 heterocycles. The molecule has 20 heavy (non-hydrogen) atoms. The fourth-order valence-corrected chi connectivity index (χ4v) is 4.27. The molecule has 1 aliphatic heterocycles. The second-order valence-corrected chi connectivity index (χ2v) is 7.13. The average molecular weight is 280 g/mol. The molecule has 0 aromatic rings. The van der Waals surface area contributed by atoms with Crippen LogP contribution in [0.15, 0.2) is 0 Å². The molecule has 0 amide bonds. The summed E-state index contributed by atoms with van der Waals surface area (Å²) < 4.78 is 0. The molecule has 2 rings (SSSR count). The summed E-state index contributed by atoms with van der Waals surface area (Å²) in [5, 5.41) is 3.99. The minimum Gasteiger partial charge on any atom is -0.310 e. The fourth-order valence-electron chi connectivity index (χ4n) is 4.27. The van der Waals surface area contributed by atoms with Crippen LogP contribution >= 0.6 is 0 Å². The Morgan fingerprint density at radius 3 is 2.45 bits per heavy atom. The first-order valence-corrected chi connectivity index (χ1v) is 9.25. The molecule has 0 radical (unpaired) electrons. The van der Waals surface area contributed by atoms with Gasteiger partial charge in [0.1, 0.15) is 0 Å². The lowest BCUT2D eigenvalue weighted by Crippen LogP contribution is -2.53. The summed E-state index contributed by atoms with van der Waals surface area (Å²) >= 11 is 0. The molecule has 2 nitrogen and oxygen atoms in total. The SMILES string of the molecule is CCC(CC)CN(CC)CC1CCC2CCCCC2N1. The van der Waals surface area contributed by atoms with Crippen molar-refractivity contribution in [3.63, 3.8) is 0 Å². The van der Waals surface area contributed by atoms with Crippen molar-refractivity contribution in [1.82, 2.24) is 10.2 Å². The number of likely N-dealkylation sites (N-methyl/N-ethyl adjacent to an activating group) is 1. The van der Waals surface area contributed by atoms with Crippen LogP contribution < -0.4 is 5.32 Å². The van der Waals surface area contributed by atoms with Crippen LogP contribution in [0.4, 0.5) is 0 Å². The summed E-state index contributed by atoms with van der Waals surface area (Å²) in [7, 11) is 0. The Balaban J connectivity index is 1.79. The summed E-state index contributed by atoms with van der Waals surface area (Å²) in [6.07, 6.45) is 11.4. The van der Waals surface area contributed by atoms with Gasteiger partial charge in [-0.1, -0.05) is 46.5 Å². The number of hydrogen-bond acceptors (Lipinski definition) is 2. The van der Waals surface area contributed by atoms with Gasteiger partial charge in [-0.05, 0) is 44.1 Å².